The van der Waals surface area contributed by atoms with Gasteiger partial charge in [-0.2, -0.15) is 0 Å². The highest BCUT2D eigenvalue weighted by Gasteiger charge is 2.21. The molecule has 2 rings (SSSR count). The van der Waals surface area contributed by atoms with Crippen LogP contribution in [0.2, 0.25) is 0 Å². The van der Waals surface area contributed by atoms with Crippen molar-refractivity contribution in [1.82, 2.24) is 15.5 Å². The Labute approximate surface area is 141 Å². The van der Waals surface area contributed by atoms with Gasteiger partial charge in [-0.15, -0.1) is 12.4 Å². The highest BCUT2D eigenvalue weighted by Crippen LogP contribution is 2.16. The van der Waals surface area contributed by atoms with E-state index in [1.807, 2.05) is 38.2 Å². The lowest BCUT2D eigenvalue weighted by Gasteiger charge is -2.24. The predicted octanol–water partition coefficient (Wildman–Crippen LogP) is 2.34. The first-order valence-corrected chi connectivity index (χ1v) is 7.81. The third-order valence-electron chi connectivity index (χ3n) is 3.80. The molecule has 1 aliphatic heterocycles. The summed E-state index contributed by atoms with van der Waals surface area (Å²) >= 11 is 3.42. The van der Waals surface area contributed by atoms with Gasteiger partial charge in [-0.25, -0.2) is 0 Å². The van der Waals surface area contributed by atoms with Crippen LogP contribution in [0.15, 0.2) is 28.7 Å². The summed E-state index contributed by atoms with van der Waals surface area (Å²) in [4.78, 5) is 14.2. The Kier molecular flexibility index (Phi) is 7.66. The molecule has 0 spiro atoms. The summed E-state index contributed by atoms with van der Waals surface area (Å²) in [6, 6.07) is 8.55. The van der Waals surface area contributed by atoms with Gasteiger partial charge in [-0.05, 0) is 44.6 Å². The second-order valence-corrected chi connectivity index (χ2v) is 6.32. The van der Waals surface area contributed by atoms with Gasteiger partial charge in [0, 0.05) is 17.1 Å². The number of carbonyl (C=O) groups excluding carboxylic acids is 1. The van der Waals surface area contributed by atoms with E-state index >= 15 is 0 Å². The molecular formula is C15H23BrClN3O. The Hall–Kier alpha value is -0.620. The molecule has 2 atom stereocenters. The highest BCUT2D eigenvalue weighted by molar-refractivity contribution is 9.10. The van der Waals surface area contributed by atoms with Crippen LogP contribution in [0.1, 0.15) is 24.9 Å². The summed E-state index contributed by atoms with van der Waals surface area (Å²) in [6.07, 6.45) is 1.12. The fourth-order valence-electron chi connectivity index (χ4n) is 2.49. The zero-order valence-corrected chi connectivity index (χ0v) is 14.8. The van der Waals surface area contributed by atoms with Crippen LogP contribution in [0.4, 0.5) is 0 Å². The van der Waals surface area contributed by atoms with Crippen molar-refractivity contribution in [2.75, 3.05) is 26.7 Å². The molecule has 0 aliphatic carbocycles. The van der Waals surface area contributed by atoms with Crippen molar-refractivity contribution >= 4 is 34.2 Å². The van der Waals surface area contributed by atoms with Crippen molar-refractivity contribution in [2.45, 2.75) is 25.4 Å². The maximum Gasteiger partial charge on any atom is 0.234 e. The minimum Gasteiger partial charge on any atom is -0.348 e. The van der Waals surface area contributed by atoms with Crippen molar-refractivity contribution in [2.24, 2.45) is 0 Å². The maximum absolute atomic E-state index is 12.1. The fraction of sp³-hybridized carbons (Fsp3) is 0.533. The molecule has 0 saturated carbocycles. The summed E-state index contributed by atoms with van der Waals surface area (Å²) in [5, 5.41) is 6.37. The molecule has 118 valence electrons. The number of nitrogens with zero attached hydrogens (tertiary/aromatic N) is 1. The normalized spacial score (nSPS) is 19.1. The maximum atomic E-state index is 12.1. The molecule has 1 aromatic carbocycles. The molecule has 1 saturated heterocycles. The van der Waals surface area contributed by atoms with Crippen LogP contribution in [0.3, 0.4) is 0 Å². The van der Waals surface area contributed by atoms with Gasteiger partial charge in [0.2, 0.25) is 5.91 Å². The first-order valence-electron chi connectivity index (χ1n) is 7.02. The molecule has 2 unspecified atom stereocenters. The van der Waals surface area contributed by atoms with E-state index in [4.69, 9.17) is 0 Å². The minimum atomic E-state index is 0. The zero-order valence-electron chi connectivity index (χ0n) is 12.4. The van der Waals surface area contributed by atoms with Gasteiger partial charge < -0.3 is 10.6 Å². The number of nitrogens with one attached hydrogen (secondary N) is 2. The molecule has 1 amide bonds. The van der Waals surface area contributed by atoms with Gasteiger partial charge in [0.15, 0.2) is 0 Å². The SMILES string of the molecule is CC(NC(=O)CN(C)C1CCNC1)c1ccc(Br)cc1.Cl. The number of rotatable bonds is 5. The summed E-state index contributed by atoms with van der Waals surface area (Å²) in [7, 11) is 2.02. The minimum absolute atomic E-state index is 0. The lowest BCUT2D eigenvalue weighted by Crippen LogP contribution is -2.42. The highest BCUT2D eigenvalue weighted by atomic mass is 79.9. The molecule has 4 nitrogen and oxygen atoms in total. The number of hydrogen-bond donors (Lipinski definition) is 2. The smallest absolute Gasteiger partial charge is 0.234 e. The van der Waals surface area contributed by atoms with Crippen molar-refractivity contribution < 1.29 is 4.79 Å². The topological polar surface area (TPSA) is 44.4 Å². The van der Waals surface area contributed by atoms with Gasteiger partial charge in [-0.1, -0.05) is 28.1 Å². The van der Waals surface area contributed by atoms with Crippen LogP contribution in [0, 0.1) is 0 Å². The van der Waals surface area contributed by atoms with E-state index in [1.165, 1.54) is 0 Å². The fourth-order valence-corrected chi connectivity index (χ4v) is 2.76. The van der Waals surface area contributed by atoms with Crippen molar-refractivity contribution in [3.63, 3.8) is 0 Å². The lowest BCUT2D eigenvalue weighted by atomic mass is 10.1. The molecule has 0 radical (unpaired) electrons. The number of carbonyl (C=O) groups is 1. The molecule has 1 aliphatic rings. The van der Waals surface area contributed by atoms with Crippen molar-refractivity contribution in [3.8, 4) is 0 Å². The van der Waals surface area contributed by atoms with Crippen molar-refractivity contribution in [3.05, 3.63) is 34.3 Å². The standard InChI is InChI=1S/C15H22BrN3O.ClH/c1-11(12-3-5-13(16)6-4-12)18-15(20)10-19(2)14-7-8-17-9-14;/h3-6,11,14,17H,7-10H2,1-2H3,(H,18,20);1H. The summed E-state index contributed by atoms with van der Waals surface area (Å²) < 4.78 is 1.05. The monoisotopic (exact) mass is 375 g/mol. The molecule has 21 heavy (non-hydrogen) atoms. The Morgan fingerprint density at radius 3 is 2.71 bits per heavy atom. The number of amides is 1. The van der Waals surface area contributed by atoms with Crippen LogP contribution in [0.5, 0.6) is 0 Å². The Morgan fingerprint density at radius 2 is 2.14 bits per heavy atom. The Morgan fingerprint density at radius 1 is 1.48 bits per heavy atom. The third-order valence-corrected chi connectivity index (χ3v) is 4.33. The lowest BCUT2D eigenvalue weighted by molar-refractivity contribution is -0.123. The Balaban J connectivity index is 0.00000220. The first kappa shape index (κ1) is 18.4. The average Bonchev–Trinajstić information content (AvgIpc) is 2.93. The van der Waals surface area contributed by atoms with E-state index in [9.17, 15) is 4.79 Å². The van der Waals surface area contributed by atoms with E-state index in [1.54, 1.807) is 0 Å². The molecule has 6 heteroatoms. The van der Waals surface area contributed by atoms with E-state index in [-0.39, 0.29) is 24.4 Å². The number of hydrogen-bond acceptors (Lipinski definition) is 3. The number of halogens is 2. The predicted molar refractivity (Wildman–Crippen MR) is 91.9 cm³/mol. The van der Waals surface area contributed by atoms with E-state index in [2.05, 4.69) is 31.5 Å². The summed E-state index contributed by atoms with van der Waals surface area (Å²) in [5.74, 6) is 0.0785. The molecule has 1 aromatic rings. The van der Waals surface area contributed by atoms with Gasteiger partial charge in [0.05, 0.1) is 12.6 Å². The largest absolute Gasteiger partial charge is 0.348 e. The van der Waals surface area contributed by atoms with E-state index < -0.39 is 0 Å². The van der Waals surface area contributed by atoms with Crippen LogP contribution >= 0.6 is 28.3 Å². The van der Waals surface area contributed by atoms with E-state index in [0.29, 0.717) is 12.6 Å². The number of benzene rings is 1. The van der Waals surface area contributed by atoms with Crippen molar-refractivity contribution in [1.29, 1.82) is 0 Å². The quantitative estimate of drug-likeness (QED) is 0.829. The van der Waals surface area contributed by atoms with E-state index in [0.717, 1.165) is 29.5 Å². The molecule has 0 bridgehead atoms. The molecule has 1 fully saturated rings. The Bertz CT molecular complexity index is 449. The summed E-state index contributed by atoms with van der Waals surface area (Å²) in [6.45, 7) is 4.49. The van der Waals surface area contributed by atoms with Gasteiger partial charge in [0.1, 0.15) is 0 Å². The first-order chi connectivity index (χ1) is 9.56. The van der Waals surface area contributed by atoms with Crippen LogP contribution in [0.25, 0.3) is 0 Å². The van der Waals surface area contributed by atoms with Gasteiger partial charge >= 0.3 is 0 Å². The van der Waals surface area contributed by atoms with Crippen LogP contribution in [-0.4, -0.2) is 43.5 Å². The molecular weight excluding hydrogens is 354 g/mol. The van der Waals surface area contributed by atoms with Crippen LogP contribution in [-0.2, 0) is 4.79 Å². The molecule has 0 aromatic heterocycles. The van der Waals surface area contributed by atoms with Gasteiger partial charge in [-0.3, -0.25) is 9.69 Å². The second-order valence-electron chi connectivity index (χ2n) is 5.40. The molecule has 1 heterocycles. The van der Waals surface area contributed by atoms with Crippen LogP contribution < -0.4 is 10.6 Å². The summed E-state index contributed by atoms with van der Waals surface area (Å²) in [5.41, 5.74) is 1.12. The zero-order chi connectivity index (χ0) is 14.5. The average molecular weight is 377 g/mol. The molecule has 2 N–H and O–H groups in total. The van der Waals surface area contributed by atoms with Gasteiger partial charge in [0.25, 0.3) is 0 Å². The third kappa shape index (κ3) is 5.58. The second kappa shape index (κ2) is 8.73. The number of likely N-dealkylation sites (N-methyl/N-ethyl adjacent to an activating group) is 1.